The maximum Gasteiger partial charge on any atom is 0.0860 e. The minimum Gasteiger partial charge on any atom is -0.151 e. The van der Waals surface area contributed by atoms with Crippen LogP contribution >= 0.6 is 0 Å². The molecule has 0 saturated heterocycles. The molecule has 2 heteroatoms. The number of nitrogens with zero attached hydrogens (tertiary/aromatic N) is 2. The molecule has 0 heterocycles. The molecule has 0 saturated carbocycles. The molecule has 0 aromatic heterocycles. The SMILES string of the molecule is CCc1cc2ccccc2cc1CC.CCc1ccc(-c2ccccc2)cc1CC.CCc1ccc(C#Cc2ccccc2)cc1CC.CCc1ccc(N=Nc2ccccc2)cc1CC.CCc1cccc(CC)c1. The summed E-state index contributed by atoms with van der Waals surface area (Å²) >= 11 is 0. The van der Waals surface area contributed by atoms with E-state index in [0.29, 0.717) is 0 Å². The van der Waals surface area contributed by atoms with Crippen molar-refractivity contribution in [2.75, 3.05) is 0 Å². The monoisotopic (exact) mass is 1000 g/mol. The molecule has 0 amide bonds. The molecule has 0 aliphatic carbocycles. The first kappa shape index (κ1) is 59.3. The van der Waals surface area contributed by atoms with Crippen LogP contribution in [0.3, 0.4) is 0 Å². The Labute approximate surface area is 459 Å². The third kappa shape index (κ3) is 19.0. The van der Waals surface area contributed by atoms with Crippen molar-refractivity contribution < 1.29 is 0 Å². The second-order valence-corrected chi connectivity index (χ2v) is 18.8. The van der Waals surface area contributed by atoms with Crippen molar-refractivity contribution in [3.8, 4) is 23.0 Å². The lowest BCUT2D eigenvalue weighted by Gasteiger charge is -2.09. The predicted octanol–water partition coefficient (Wildman–Crippen LogP) is 20.7. The number of benzene rings is 9. The summed E-state index contributed by atoms with van der Waals surface area (Å²) in [5.74, 6) is 6.44. The van der Waals surface area contributed by atoms with E-state index in [1.54, 1.807) is 0 Å². The molecule has 9 rings (SSSR count). The summed E-state index contributed by atoms with van der Waals surface area (Å²) in [4.78, 5) is 0. The van der Waals surface area contributed by atoms with E-state index >= 15 is 0 Å². The summed E-state index contributed by atoms with van der Waals surface area (Å²) in [6.07, 6.45) is 11.1. The van der Waals surface area contributed by atoms with Gasteiger partial charge in [-0.3, -0.25) is 0 Å². The molecule has 0 bridgehead atoms. The third-order valence-electron chi connectivity index (χ3n) is 13.8. The van der Waals surface area contributed by atoms with Crippen LogP contribution in [0.5, 0.6) is 0 Å². The summed E-state index contributed by atoms with van der Waals surface area (Å²) in [6.45, 7) is 22.0. The minimum absolute atomic E-state index is 0.884. The number of azo groups is 1. The van der Waals surface area contributed by atoms with Crippen LogP contribution < -0.4 is 0 Å². The molecular weight excluding hydrogens is 917 g/mol. The molecule has 0 unspecified atom stereocenters. The summed E-state index contributed by atoms with van der Waals surface area (Å²) < 4.78 is 0. The van der Waals surface area contributed by atoms with Gasteiger partial charge in [0, 0.05) is 11.1 Å². The first-order valence-corrected chi connectivity index (χ1v) is 28.3. The molecule has 2 nitrogen and oxygen atoms in total. The fourth-order valence-electron chi connectivity index (χ4n) is 9.17. The lowest BCUT2D eigenvalue weighted by atomic mass is 9.97. The maximum atomic E-state index is 4.29. The molecule has 9 aromatic rings. The summed E-state index contributed by atoms with van der Waals surface area (Å²) in [5.41, 5.74) is 21.0. The highest BCUT2D eigenvalue weighted by atomic mass is 15.1. The minimum atomic E-state index is 0.884. The fourth-order valence-corrected chi connectivity index (χ4v) is 9.17. The molecule has 9 aromatic carbocycles. The van der Waals surface area contributed by atoms with Crippen LogP contribution in [0.15, 0.2) is 216 Å². The molecule has 76 heavy (non-hydrogen) atoms. The van der Waals surface area contributed by atoms with Crippen molar-refractivity contribution in [2.24, 2.45) is 10.2 Å². The molecule has 0 fully saturated rings. The van der Waals surface area contributed by atoms with Crippen LogP contribution in [0, 0.1) is 11.8 Å². The average molecular weight is 1000 g/mol. The van der Waals surface area contributed by atoms with Crippen molar-refractivity contribution >= 4 is 22.1 Å². The van der Waals surface area contributed by atoms with Gasteiger partial charge in [-0.15, -0.1) is 0 Å². The van der Waals surface area contributed by atoms with Crippen LogP contribution in [-0.2, 0) is 64.2 Å². The summed E-state index contributed by atoms with van der Waals surface area (Å²) in [6, 6.07) is 72.2. The maximum absolute atomic E-state index is 4.29. The Hall–Kier alpha value is -7.60. The fraction of sp³-hybridized carbons (Fsp3) is 0.270. The standard InChI is InChI=1S/C18H18.C16H18N2.C16H18.C14H16.C10H14/c1-3-17-13-12-16(14-18(17)4-2)11-10-15-8-6-5-7-9-15;1-3-13-10-11-16(12-14(13)4-2)18-17-15-8-6-5-7-9-15;1-3-13-10-11-16(12-14(13)4-2)15-8-6-5-7-9-15;1-3-11-9-13-7-5-6-8-14(13)10-12(11)4-2;1-3-9-6-5-7-10(4-2)8-9/h5-9,12-14H,3-4H2,1-2H3;5-12H,3-4H2,1-2H3;5-12H,3-4H2,1-2H3;5-10H,3-4H2,1-2H3;5-8H,3-4H2,1-2H3. The first-order chi connectivity index (χ1) is 37.2. The summed E-state index contributed by atoms with van der Waals surface area (Å²) in [7, 11) is 0. The average Bonchev–Trinajstić information content (AvgIpc) is 3.50. The van der Waals surface area contributed by atoms with Gasteiger partial charge < -0.3 is 0 Å². The van der Waals surface area contributed by atoms with Crippen molar-refractivity contribution in [2.45, 2.75) is 133 Å². The highest BCUT2D eigenvalue weighted by Gasteiger charge is 2.05. The van der Waals surface area contributed by atoms with Gasteiger partial charge in [0.1, 0.15) is 0 Å². The number of aryl methyl sites for hydroxylation is 10. The van der Waals surface area contributed by atoms with E-state index in [-0.39, 0.29) is 0 Å². The largest absolute Gasteiger partial charge is 0.151 e. The van der Waals surface area contributed by atoms with E-state index in [0.717, 1.165) is 86.7 Å². The van der Waals surface area contributed by atoms with Crippen molar-refractivity contribution in [3.05, 3.63) is 273 Å². The molecular formula is C74H84N2. The zero-order chi connectivity index (χ0) is 54.3. The first-order valence-electron chi connectivity index (χ1n) is 28.3. The molecule has 0 aliphatic heterocycles. The zero-order valence-electron chi connectivity index (χ0n) is 47.6. The quantitative estimate of drug-likeness (QED) is 0.0812. The van der Waals surface area contributed by atoms with Gasteiger partial charge in [-0.05, 0) is 190 Å². The van der Waals surface area contributed by atoms with Crippen molar-refractivity contribution in [1.29, 1.82) is 0 Å². The Kier molecular flexibility index (Phi) is 26.0. The van der Waals surface area contributed by atoms with E-state index < -0.39 is 0 Å². The predicted molar refractivity (Wildman–Crippen MR) is 332 cm³/mol. The van der Waals surface area contributed by atoms with Gasteiger partial charge in [0.15, 0.2) is 0 Å². The highest BCUT2D eigenvalue weighted by Crippen LogP contribution is 2.25. The molecule has 0 aliphatic rings. The summed E-state index contributed by atoms with van der Waals surface area (Å²) in [5, 5.41) is 11.2. The molecule has 0 atom stereocenters. The molecule has 0 radical (unpaired) electrons. The second-order valence-electron chi connectivity index (χ2n) is 18.8. The Morgan fingerprint density at radius 3 is 1.17 bits per heavy atom. The van der Waals surface area contributed by atoms with Gasteiger partial charge >= 0.3 is 0 Å². The van der Waals surface area contributed by atoms with E-state index in [1.807, 2.05) is 66.7 Å². The van der Waals surface area contributed by atoms with Crippen molar-refractivity contribution in [1.82, 2.24) is 0 Å². The number of fused-ring (bicyclic) bond motifs is 1. The van der Waals surface area contributed by atoms with Gasteiger partial charge in [0.05, 0.1) is 11.4 Å². The van der Waals surface area contributed by atoms with E-state index in [9.17, 15) is 0 Å². The number of rotatable bonds is 13. The van der Waals surface area contributed by atoms with Gasteiger partial charge in [-0.25, -0.2) is 0 Å². The molecule has 390 valence electrons. The van der Waals surface area contributed by atoms with E-state index in [2.05, 4.69) is 231 Å². The van der Waals surface area contributed by atoms with Crippen molar-refractivity contribution in [3.63, 3.8) is 0 Å². The van der Waals surface area contributed by atoms with Gasteiger partial charge in [-0.1, -0.05) is 239 Å². The van der Waals surface area contributed by atoms with Crippen LogP contribution in [-0.4, -0.2) is 0 Å². The topological polar surface area (TPSA) is 24.7 Å². The molecule has 0 N–H and O–H groups in total. The normalized spacial score (nSPS) is 10.3. The highest BCUT2D eigenvalue weighted by molar-refractivity contribution is 5.84. The van der Waals surface area contributed by atoms with Gasteiger partial charge in [0.25, 0.3) is 0 Å². The van der Waals surface area contributed by atoms with Crippen LogP contribution in [0.25, 0.3) is 21.9 Å². The smallest absolute Gasteiger partial charge is 0.0860 e. The van der Waals surface area contributed by atoms with Gasteiger partial charge in [0.2, 0.25) is 0 Å². The number of hydrogen-bond donors (Lipinski definition) is 0. The zero-order valence-corrected chi connectivity index (χ0v) is 47.6. The lowest BCUT2D eigenvalue weighted by Crippen LogP contribution is -1.91. The Morgan fingerprint density at radius 2 is 0.658 bits per heavy atom. The van der Waals surface area contributed by atoms with E-state index in [1.165, 1.54) is 77.5 Å². The molecule has 0 spiro atoms. The number of hydrogen-bond acceptors (Lipinski definition) is 2. The second kappa shape index (κ2) is 33.3. The van der Waals surface area contributed by atoms with Crippen LogP contribution in [0.2, 0.25) is 0 Å². The lowest BCUT2D eigenvalue weighted by molar-refractivity contribution is 1.03. The Balaban J connectivity index is 0.000000178. The van der Waals surface area contributed by atoms with Gasteiger partial charge in [-0.2, -0.15) is 10.2 Å². The van der Waals surface area contributed by atoms with Crippen LogP contribution in [0.1, 0.15) is 136 Å². The van der Waals surface area contributed by atoms with E-state index in [4.69, 9.17) is 0 Å². The Bertz CT molecular complexity index is 3130. The third-order valence-corrected chi connectivity index (χ3v) is 13.8. The Morgan fingerprint density at radius 1 is 0.250 bits per heavy atom. The van der Waals surface area contributed by atoms with Crippen LogP contribution in [0.4, 0.5) is 11.4 Å².